The van der Waals surface area contributed by atoms with Crippen molar-refractivity contribution in [2.45, 2.75) is 19.9 Å². The average Bonchev–Trinajstić information content (AvgIpc) is 2.87. The molecular formula is C11H11ClN2OS. The van der Waals surface area contributed by atoms with Crippen molar-refractivity contribution in [3.05, 3.63) is 39.3 Å². The van der Waals surface area contributed by atoms with Crippen LogP contribution >= 0.6 is 22.9 Å². The molecule has 0 aromatic carbocycles. The normalized spacial score (nSPS) is 10.6. The van der Waals surface area contributed by atoms with E-state index in [2.05, 4.69) is 12.0 Å². The van der Waals surface area contributed by atoms with Gasteiger partial charge in [-0.05, 0) is 24.6 Å². The molecule has 0 aliphatic rings. The zero-order valence-corrected chi connectivity index (χ0v) is 10.4. The molecule has 2 heterocycles. The molecule has 0 atom stereocenters. The first-order valence-corrected chi connectivity index (χ1v) is 6.23. The van der Waals surface area contributed by atoms with Crippen LogP contribution < -0.4 is 0 Å². The predicted molar refractivity (Wildman–Crippen MR) is 65.3 cm³/mol. The number of carbonyl (C=O) groups is 1. The van der Waals surface area contributed by atoms with Crippen molar-refractivity contribution < 1.29 is 4.79 Å². The number of thiophene rings is 1. The number of ketones is 1. The van der Waals surface area contributed by atoms with Gasteiger partial charge in [-0.25, -0.2) is 0 Å². The lowest BCUT2D eigenvalue weighted by Crippen LogP contribution is -2.10. The fourth-order valence-electron chi connectivity index (χ4n) is 1.48. The predicted octanol–water partition coefficient (Wildman–Crippen LogP) is 3.24. The van der Waals surface area contributed by atoms with E-state index < -0.39 is 0 Å². The van der Waals surface area contributed by atoms with Crippen LogP contribution in [0.5, 0.6) is 0 Å². The van der Waals surface area contributed by atoms with E-state index in [0.717, 1.165) is 13.0 Å². The van der Waals surface area contributed by atoms with E-state index in [9.17, 15) is 4.79 Å². The van der Waals surface area contributed by atoms with Crippen LogP contribution in [0.2, 0.25) is 4.34 Å². The maximum Gasteiger partial charge on any atom is 0.220 e. The number of carbonyl (C=O) groups excluding carboxylic acids is 1. The summed E-state index contributed by atoms with van der Waals surface area (Å²) >= 11 is 7.11. The maximum absolute atomic E-state index is 12.1. The summed E-state index contributed by atoms with van der Waals surface area (Å²) in [7, 11) is 0. The summed E-state index contributed by atoms with van der Waals surface area (Å²) in [5.41, 5.74) is 0.625. The molecule has 0 aliphatic heterocycles. The molecule has 0 unspecified atom stereocenters. The van der Waals surface area contributed by atoms with Gasteiger partial charge in [-0.1, -0.05) is 18.5 Å². The number of hydrogen-bond donors (Lipinski definition) is 0. The molecule has 5 heteroatoms. The Morgan fingerprint density at radius 1 is 1.50 bits per heavy atom. The summed E-state index contributed by atoms with van der Waals surface area (Å²) in [5.74, 6) is -0.0112. The Bertz CT molecular complexity index is 504. The van der Waals surface area contributed by atoms with Crippen molar-refractivity contribution in [2.75, 3.05) is 0 Å². The highest BCUT2D eigenvalue weighted by atomic mass is 35.5. The van der Waals surface area contributed by atoms with Crippen LogP contribution in [0.1, 0.15) is 28.7 Å². The molecule has 84 valence electrons. The zero-order valence-electron chi connectivity index (χ0n) is 8.81. The van der Waals surface area contributed by atoms with Gasteiger partial charge >= 0.3 is 0 Å². The summed E-state index contributed by atoms with van der Waals surface area (Å²) in [6, 6.07) is 5.23. The lowest BCUT2D eigenvalue weighted by molar-refractivity contribution is 0.103. The third-order valence-corrected chi connectivity index (χ3v) is 3.41. The number of aromatic nitrogens is 2. The van der Waals surface area contributed by atoms with Gasteiger partial charge in [0.2, 0.25) is 5.78 Å². The summed E-state index contributed by atoms with van der Waals surface area (Å²) in [5, 5.41) is 4.13. The van der Waals surface area contributed by atoms with Crippen LogP contribution in [0.4, 0.5) is 0 Å². The van der Waals surface area contributed by atoms with Crippen LogP contribution in [0.3, 0.4) is 0 Å². The van der Waals surface area contributed by atoms with E-state index in [4.69, 9.17) is 11.6 Å². The van der Waals surface area contributed by atoms with Crippen molar-refractivity contribution in [1.29, 1.82) is 0 Å². The highest BCUT2D eigenvalue weighted by Gasteiger charge is 2.15. The van der Waals surface area contributed by atoms with Crippen LogP contribution in [0.15, 0.2) is 24.4 Å². The first kappa shape index (κ1) is 11.4. The fraction of sp³-hybridized carbons (Fsp3) is 0.273. The highest BCUT2D eigenvalue weighted by molar-refractivity contribution is 7.18. The zero-order chi connectivity index (χ0) is 11.5. The van der Waals surface area contributed by atoms with Gasteiger partial charge in [0.25, 0.3) is 0 Å². The molecule has 0 amide bonds. The molecule has 0 saturated carbocycles. The monoisotopic (exact) mass is 254 g/mol. The topological polar surface area (TPSA) is 34.9 Å². The third kappa shape index (κ3) is 2.18. The molecule has 0 aliphatic carbocycles. The SMILES string of the molecule is CCCn1nccc1C(=O)c1ccc(Cl)s1. The van der Waals surface area contributed by atoms with E-state index in [1.54, 1.807) is 29.1 Å². The van der Waals surface area contributed by atoms with Gasteiger partial charge in [-0.3, -0.25) is 9.48 Å². The Hall–Kier alpha value is -1.13. The molecule has 16 heavy (non-hydrogen) atoms. The van der Waals surface area contributed by atoms with Gasteiger partial charge in [0.05, 0.1) is 9.21 Å². The fourth-order valence-corrected chi connectivity index (χ4v) is 2.47. The number of hydrogen-bond acceptors (Lipinski definition) is 3. The second-order valence-electron chi connectivity index (χ2n) is 3.37. The molecule has 0 bridgehead atoms. The quantitative estimate of drug-likeness (QED) is 0.785. The summed E-state index contributed by atoms with van der Waals surface area (Å²) < 4.78 is 2.36. The van der Waals surface area contributed by atoms with Gasteiger partial charge in [0, 0.05) is 12.7 Å². The maximum atomic E-state index is 12.1. The highest BCUT2D eigenvalue weighted by Crippen LogP contribution is 2.23. The minimum atomic E-state index is -0.0112. The molecule has 0 spiro atoms. The van der Waals surface area contributed by atoms with Crippen LogP contribution in [0.25, 0.3) is 0 Å². The van der Waals surface area contributed by atoms with Crippen molar-refractivity contribution in [3.63, 3.8) is 0 Å². The first-order valence-electron chi connectivity index (χ1n) is 5.04. The van der Waals surface area contributed by atoms with E-state index in [1.807, 2.05) is 0 Å². The third-order valence-electron chi connectivity index (χ3n) is 2.18. The Balaban J connectivity index is 2.30. The number of rotatable bonds is 4. The minimum absolute atomic E-state index is 0.0112. The number of nitrogens with zero attached hydrogens (tertiary/aromatic N) is 2. The van der Waals surface area contributed by atoms with Gasteiger partial charge in [-0.15, -0.1) is 11.3 Å². The number of halogens is 1. The van der Waals surface area contributed by atoms with Crippen LogP contribution in [-0.2, 0) is 6.54 Å². The van der Waals surface area contributed by atoms with Gasteiger partial charge in [-0.2, -0.15) is 5.10 Å². The molecule has 0 saturated heterocycles. The van der Waals surface area contributed by atoms with Crippen molar-refractivity contribution in [1.82, 2.24) is 9.78 Å². The van der Waals surface area contributed by atoms with Crippen molar-refractivity contribution in [2.24, 2.45) is 0 Å². The van der Waals surface area contributed by atoms with E-state index in [1.165, 1.54) is 11.3 Å². The second-order valence-corrected chi connectivity index (χ2v) is 5.09. The summed E-state index contributed by atoms with van der Waals surface area (Å²) in [4.78, 5) is 12.8. The molecule has 0 radical (unpaired) electrons. The molecule has 2 aromatic heterocycles. The molecule has 2 aromatic rings. The largest absolute Gasteiger partial charge is 0.286 e. The lowest BCUT2D eigenvalue weighted by atomic mass is 10.2. The summed E-state index contributed by atoms with van der Waals surface area (Å²) in [6.45, 7) is 2.81. The van der Waals surface area contributed by atoms with Gasteiger partial charge in [0.15, 0.2) is 0 Å². The summed E-state index contributed by atoms with van der Waals surface area (Å²) in [6.07, 6.45) is 2.60. The first-order chi connectivity index (χ1) is 7.72. The molecular weight excluding hydrogens is 244 g/mol. The standard InChI is InChI=1S/C11H11ClN2OS/c1-2-7-14-8(5-6-13-14)11(15)9-3-4-10(12)16-9/h3-6H,2,7H2,1H3. The average molecular weight is 255 g/mol. The van der Waals surface area contributed by atoms with Crippen LogP contribution in [0, 0.1) is 0 Å². The van der Waals surface area contributed by atoms with Gasteiger partial charge in [0.1, 0.15) is 5.69 Å². The Morgan fingerprint density at radius 2 is 2.31 bits per heavy atom. The number of aryl methyl sites for hydroxylation is 1. The minimum Gasteiger partial charge on any atom is -0.286 e. The van der Waals surface area contributed by atoms with Crippen molar-refractivity contribution in [3.8, 4) is 0 Å². The van der Waals surface area contributed by atoms with Crippen molar-refractivity contribution >= 4 is 28.7 Å². The molecule has 0 N–H and O–H groups in total. The van der Waals surface area contributed by atoms with Gasteiger partial charge < -0.3 is 0 Å². The second kappa shape index (κ2) is 4.80. The Morgan fingerprint density at radius 3 is 2.94 bits per heavy atom. The Labute approximate surface area is 103 Å². The van der Waals surface area contributed by atoms with Crippen LogP contribution in [-0.4, -0.2) is 15.6 Å². The molecule has 2 rings (SSSR count). The molecule has 3 nitrogen and oxygen atoms in total. The molecule has 0 fully saturated rings. The smallest absolute Gasteiger partial charge is 0.220 e. The van der Waals surface area contributed by atoms with E-state index >= 15 is 0 Å². The van der Waals surface area contributed by atoms with E-state index in [0.29, 0.717) is 14.9 Å². The van der Waals surface area contributed by atoms with E-state index in [-0.39, 0.29) is 5.78 Å². The Kier molecular flexibility index (Phi) is 3.41. The lowest BCUT2D eigenvalue weighted by Gasteiger charge is -2.03.